The van der Waals surface area contributed by atoms with Gasteiger partial charge in [-0.25, -0.2) is 0 Å². The molecule has 0 spiro atoms. The average Bonchev–Trinajstić information content (AvgIpc) is 2.27. The fraction of sp³-hybridized carbons (Fsp3) is 0.900. The Kier molecular flexibility index (Phi) is 5.20. The predicted octanol–water partition coefficient (Wildman–Crippen LogP) is 0.302. The van der Waals surface area contributed by atoms with Crippen LogP contribution >= 0.6 is 0 Å². The van der Waals surface area contributed by atoms with Crippen LogP contribution in [0.2, 0.25) is 0 Å². The molecule has 0 aromatic heterocycles. The number of carbonyl (C=O) groups excluding carboxylic acids is 1. The first-order chi connectivity index (χ1) is 7.90. The normalized spacial score (nSPS) is 19.3. The summed E-state index contributed by atoms with van der Waals surface area (Å²) in [6, 6.07) is 0. The van der Waals surface area contributed by atoms with Crippen molar-refractivity contribution >= 4 is 5.91 Å². The molecule has 0 aliphatic carbocycles. The number of nitrogens with one attached hydrogen (secondary N) is 1. The monoisotopic (exact) mass is 253 g/mol. The molecule has 7 heteroatoms. The summed E-state index contributed by atoms with van der Waals surface area (Å²) in [5.41, 5.74) is 0. The summed E-state index contributed by atoms with van der Waals surface area (Å²) < 4.78 is 35.6. The number of likely N-dealkylation sites (N-methyl/N-ethyl adjacent to an activating group) is 1. The summed E-state index contributed by atoms with van der Waals surface area (Å²) in [4.78, 5) is 15.4. The minimum atomic E-state index is -4.34. The lowest BCUT2D eigenvalue weighted by Crippen LogP contribution is -2.49. The van der Waals surface area contributed by atoms with E-state index in [1.807, 2.05) is 10.2 Å². The second kappa shape index (κ2) is 6.20. The molecule has 0 unspecified atom stereocenters. The molecule has 1 saturated heterocycles. The van der Waals surface area contributed by atoms with E-state index >= 15 is 0 Å². The third kappa shape index (κ3) is 5.88. The van der Waals surface area contributed by atoms with Gasteiger partial charge in [0, 0.05) is 26.2 Å². The highest BCUT2D eigenvalue weighted by Gasteiger charge is 2.28. The summed E-state index contributed by atoms with van der Waals surface area (Å²) >= 11 is 0. The quantitative estimate of drug-likeness (QED) is 0.783. The number of hydrogen-bond donors (Lipinski definition) is 1. The molecule has 0 saturated carbocycles. The highest BCUT2D eigenvalue weighted by atomic mass is 19.4. The van der Waals surface area contributed by atoms with Crippen molar-refractivity contribution in [1.82, 2.24) is 15.1 Å². The van der Waals surface area contributed by atoms with Gasteiger partial charge in [0.1, 0.15) is 6.54 Å². The molecule has 0 atom stereocenters. The van der Waals surface area contributed by atoms with Gasteiger partial charge in [-0.2, -0.15) is 13.2 Å². The minimum absolute atomic E-state index is 0.0492. The van der Waals surface area contributed by atoms with Crippen LogP contribution in [0.4, 0.5) is 13.2 Å². The largest absolute Gasteiger partial charge is 0.405 e. The topological polar surface area (TPSA) is 35.6 Å². The Morgan fingerprint density at radius 3 is 2.18 bits per heavy atom. The van der Waals surface area contributed by atoms with Crippen molar-refractivity contribution < 1.29 is 18.0 Å². The number of rotatable bonds is 4. The smallest absolute Gasteiger partial charge is 0.346 e. The van der Waals surface area contributed by atoms with E-state index in [2.05, 4.69) is 11.8 Å². The molecule has 0 aromatic carbocycles. The SMILES string of the molecule is CCN1CCN(CC(=O)NCC(F)(F)F)CC1. The van der Waals surface area contributed by atoms with Gasteiger partial charge in [-0.1, -0.05) is 6.92 Å². The Morgan fingerprint density at radius 2 is 1.71 bits per heavy atom. The van der Waals surface area contributed by atoms with Crippen LogP contribution in [-0.4, -0.2) is 67.7 Å². The molecule has 1 fully saturated rings. The molecule has 1 amide bonds. The summed E-state index contributed by atoms with van der Waals surface area (Å²) in [7, 11) is 0. The Balaban J connectivity index is 2.19. The van der Waals surface area contributed by atoms with Gasteiger partial charge in [0.15, 0.2) is 0 Å². The number of carbonyl (C=O) groups is 1. The van der Waals surface area contributed by atoms with Gasteiger partial charge in [0.2, 0.25) is 5.91 Å². The van der Waals surface area contributed by atoms with Crippen LogP contribution in [0.5, 0.6) is 0 Å². The summed E-state index contributed by atoms with van der Waals surface area (Å²) in [6.45, 7) is 5.01. The van der Waals surface area contributed by atoms with E-state index in [-0.39, 0.29) is 6.54 Å². The number of nitrogens with zero attached hydrogens (tertiary/aromatic N) is 2. The van der Waals surface area contributed by atoms with E-state index in [4.69, 9.17) is 0 Å². The van der Waals surface area contributed by atoms with Crippen molar-refractivity contribution in [2.24, 2.45) is 0 Å². The average molecular weight is 253 g/mol. The van der Waals surface area contributed by atoms with Gasteiger partial charge in [-0.3, -0.25) is 9.69 Å². The summed E-state index contributed by atoms with van der Waals surface area (Å²) in [5, 5.41) is 1.88. The van der Waals surface area contributed by atoms with E-state index in [0.29, 0.717) is 0 Å². The Bertz CT molecular complexity index is 250. The van der Waals surface area contributed by atoms with Gasteiger partial charge >= 0.3 is 6.18 Å². The molecule has 0 aromatic rings. The molecule has 1 aliphatic heterocycles. The van der Waals surface area contributed by atoms with Crippen molar-refractivity contribution in [2.75, 3.05) is 45.8 Å². The first kappa shape index (κ1) is 14.2. The second-order valence-electron chi connectivity index (χ2n) is 4.10. The molecule has 17 heavy (non-hydrogen) atoms. The molecule has 1 aliphatic rings. The molecule has 0 bridgehead atoms. The number of alkyl halides is 3. The molecule has 0 radical (unpaired) electrons. The van der Waals surface area contributed by atoms with Crippen molar-refractivity contribution in [1.29, 1.82) is 0 Å². The van der Waals surface area contributed by atoms with Crippen LogP contribution < -0.4 is 5.32 Å². The maximum absolute atomic E-state index is 11.9. The summed E-state index contributed by atoms with van der Waals surface area (Å²) in [6.07, 6.45) is -4.34. The lowest BCUT2D eigenvalue weighted by Gasteiger charge is -2.33. The Morgan fingerprint density at radius 1 is 1.18 bits per heavy atom. The fourth-order valence-corrected chi connectivity index (χ4v) is 1.72. The van der Waals surface area contributed by atoms with Gasteiger partial charge in [0.25, 0.3) is 0 Å². The molecule has 1 rings (SSSR count). The third-order valence-electron chi connectivity index (χ3n) is 2.77. The molecule has 1 heterocycles. The van der Waals surface area contributed by atoms with Crippen LogP contribution in [0.15, 0.2) is 0 Å². The van der Waals surface area contributed by atoms with Crippen LogP contribution in [-0.2, 0) is 4.79 Å². The van der Waals surface area contributed by atoms with Gasteiger partial charge in [0.05, 0.1) is 6.54 Å². The van der Waals surface area contributed by atoms with Gasteiger partial charge in [-0.05, 0) is 6.54 Å². The van der Waals surface area contributed by atoms with E-state index in [0.717, 1.165) is 32.7 Å². The first-order valence-electron chi connectivity index (χ1n) is 5.69. The van der Waals surface area contributed by atoms with Gasteiger partial charge in [-0.15, -0.1) is 0 Å². The van der Waals surface area contributed by atoms with Crippen molar-refractivity contribution in [2.45, 2.75) is 13.1 Å². The zero-order chi connectivity index (χ0) is 12.9. The molecule has 100 valence electrons. The predicted molar refractivity (Wildman–Crippen MR) is 57.6 cm³/mol. The number of halogens is 3. The number of amides is 1. The third-order valence-corrected chi connectivity index (χ3v) is 2.77. The first-order valence-corrected chi connectivity index (χ1v) is 5.69. The molecule has 4 nitrogen and oxygen atoms in total. The zero-order valence-electron chi connectivity index (χ0n) is 9.89. The van der Waals surface area contributed by atoms with Crippen molar-refractivity contribution in [3.8, 4) is 0 Å². The minimum Gasteiger partial charge on any atom is -0.346 e. The van der Waals surface area contributed by atoms with Crippen LogP contribution in [0, 0.1) is 0 Å². The van der Waals surface area contributed by atoms with E-state index in [1.54, 1.807) is 0 Å². The lowest BCUT2D eigenvalue weighted by atomic mass is 10.3. The van der Waals surface area contributed by atoms with E-state index in [1.165, 1.54) is 0 Å². The second-order valence-corrected chi connectivity index (χ2v) is 4.10. The molecular formula is C10H18F3N3O. The highest BCUT2D eigenvalue weighted by Crippen LogP contribution is 2.12. The van der Waals surface area contributed by atoms with Crippen LogP contribution in [0.3, 0.4) is 0 Å². The fourth-order valence-electron chi connectivity index (χ4n) is 1.72. The van der Waals surface area contributed by atoms with Crippen molar-refractivity contribution in [3.63, 3.8) is 0 Å². The van der Waals surface area contributed by atoms with Crippen molar-refractivity contribution in [3.05, 3.63) is 0 Å². The Hall–Kier alpha value is -0.820. The Labute approximate surface area is 98.7 Å². The zero-order valence-corrected chi connectivity index (χ0v) is 9.89. The van der Waals surface area contributed by atoms with E-state index in [9.17, 15) is 18.0 Å². The van der Waals surface area contributed by atoms with Gasteiger partial charge < -0.3 is 10.2 Å². The maximum Gasteiger partial charge on any atom is 0.405 e. The lowest BCUT2D eigenvalue weighted by molar-refractivity contribution is -0.139. The number of piperazine rings is 1. The standard InChI is InChI=1S/C10H18F3N3O/c1-2-15-3-5-16(6-4-15)7-9(17)14-8-10(11,12)13/h2-8H2,1H3,(H,14,17). The molecular weight excluding hydrogens is 235 g/mol. The maximum atomic E-state index is 11.9. The van der Waals surface area contributed by atoms with Crippen LogP contribution in [0.1, 0.15) is 6.92 Å². The summed E-state index contributed by atoms with van der Waals surface area (Å²) in [5.74, 6) is -0.563. The highest BCUT2D eigenvalue weighted by molar-refractivity contribution is 5.78. The van der Waals surface area contributed by atoms with E-state index < -0.39 is 18.6 Å². The number of hydrogen-bond acceptors (Lipinski definition) is 3. The molecule has 1 N–H and O–H groups in total. The van der Waals surface area contributed by atoms with Crippen LogP contribution in [0.25, 0.3) is 0 Å².